The Hall–Kier alpha value is -2.69. The summed E-state index contributed by atoms with van der Waals surface area (Å²) < 4.78 is 20.9. The van der Waals surface area contributed by atoms with Gasteiger partial charge in [0, 0.05) is 18.3 Å². The molecule has 1 aliphatic rings. The predicted octanol–water partition coefficient (Wildman–Crippen LogP) is 3.93. The molecule has 1 amide bonds. The number of rotatable bonds is 7. The van der Waals surface area contributed by atoms with Gasteiger partial charge in [0.1, 0.15) is 17.7 Å². The number of carbonyl (C=O) groups is 1. The summed E-state index contributed by atoms with van der Waals surface area (Å²) in [5.74, 6) is 0.0537. The fourth-order valence-electron chi connectivity index (χ4n) is 3.88. The van der Waals surface area contributed by atoms with Crippen LogP contribution in [-0.2, 0) is 16.1 Å². The number of hydrogen-bond donors (Lipinski definition) is 1. The lowest BCUT2D eigenvalue weighted by molar-refractivity contribution is -0.117. The summed E-state index contributed by atoms with van der Waals surface area (Å²) in [4.78, 5) is 14.7. The summed E-state index contributed by atoms with van der Waals surface area (Å²) in [5.41, 5.74) is 3.26. The summed E-state index contributed by atoms with van der Waals surface area (Å²) in [7, 11) is 1.85. The largest absolute Gasteiger partial charge is 0.376 e. The van der Waals surface area contributed by atoms with Gasteiger partial charge in [0.25, 0.3) is 0 Å². The van der Waals surface area contributed by atoms with Crippen LogP contribution in [0.3, 0.4) is 0 Å². The number of aromatic nitrogens is 1. The molecular weight excluding hydrogens is 383 g/mol. The zero-order chi connectivity index (χ0) is 21.8. The van der Waals surface area contributed by atoms with Gasteiger partial charge in [-0.1, -0.05) is 12.1 Å². The number of halogens is 1. The Bertz CT molecular complexity index is 940. The quantitative estimate of drug-likeness (QED) is 0.748. The maximum atomic E-state index is 13.2. The van der Waals surface area contributed by atoms with Gasteiger partial charge < -0.3 is 14.6 Å². The summed E-state index contributed by atoms with van der Waals surface area (Å²) in [6.45, 7) is 7.35. The number of carbonyl (C=O) groups excluding carboxylic acids is 1. The minimum absolute atomic E-state index is 0.0612. The average molecular weight is 413 g/mol. The van der Waals surface area contributed by atoms with Crippen molar-refractivity contribution in [3.8, 4) is 6.07 Å². The Morgan fingerprint density at radius 2 is 2.10 bits per heavy atom. The van der Waals surface area contributed by atoms with Crippen LogP contribution in [-0.4, -0.2) is 41.7 Å². The van der Waals surface area contributed by atoms with E-state index in [2.05, 4.69) is 11.4 Å². The Kier molecular flexibility index (Phi) is 6.91. The Labute approximate surface area is 177 Å². The molecule has 160 valence electrons. The van der Waals surface area contributed by atoms with Gasteiger partial charge in [0.05, 0.1) is 24.8 Å². The van der Waals surface area contributed by atoms with Gasteiger partial charge in [0.2, 0.25) is 5.91 Å². The molecule has 1 aromatic carbocycles. The molecule has 0 aliphatic carbocycles. The summed E-state index contributed by atoms with van der Waals surface area (Å²) in [5, 5.41) is 12.6. The van der Waals surface area contributed by atoms with Crippen molar-refractivity contribution in [3.05, 3.63) is 52.5 Å². The van der Waals surface area contributed by atoms with Crippen molar-refractivity contribution >= 4 is 11.7 Å². The monoisotopic (exact) mass is 412 g/mol. The van der Waals surface area contributed by atoms with Crippen molar-refractivity contribution in [2.45, 2.75) is 52.3 Å². The molecule has 0 saturated carbocycles. The number of amides is 1. The highest BCUT2D eigenvalue weighted by atomic mass is 19.1. The topological polar surface area (TPSA) is 70.3 Å². The Balaban J connectivity index is 1.74. The van der Waals surface area contributed by atoms with E-state index in [1.54, 1.807) is 12.1 Å². The van der Waals surface area contributed by atoms with Crippen molar-refractivity contribution in [1.82, 2.24) is 9.47 Å². The highest BCUT2D eigenvalue weighted by Crippen LogP contribution is 2.28. The molecule has 0 unspecified atom stereocenters. The molecule has 30 heavy (non-hydrogen) atoms. The highest BCUT2D eigenvalue weighted by Gasteiger charge is 2.24. The molecule has 6 nitrogen and oxygen atoms in total. The van der Waals surface area contributed by atoms with Crippen LogP contribution in [0.25, 0.3) is 0 Å². The highest BCUT2D eigenvalue weighted by molar-refractivity contribution is 5.93. The number of nitrogens with zero attached hydrogens (tertiary/aromatic N) is 3. The number of nitriles is 1. The van der Waals surface area contributed by atoms with Gasteiger partial charge in [-0.25, -0.2) is 4.39 Å². The van der Waals surface area contributed by atoms with Crippen LogP contribution in [0.5, 0.6) is 0 Å². The lowest BCUT2D eigenvalue weighted by Crippen LogP contribution is -2.33. The van der Waals surface area contributed by atoms with Crippen molar-refractivity contribution in [1.29, 1.82) is 5.26 Å². The number of hydrogen-bond acceptors (Lipinski definition) is 4. The molecule has 1 aliphatic heterocycles. The standard InChI is InChI=1S/C23H29FN4O2/c1-15-16(2)28(13-20-6-5-11-30-20)23(21(15)12-25)26-22(29)14-27(4)17(3)18-7-9-19(24)10-8-18/h7-10,17,20H,5-6,11,13-14H2,1-4H3,(H,26,29)/t17-,20-/m0/s1. The third-order valence-corrected chi connectivity index (χ3v) is 6.02. The molecule has 1 fully saturated rings. The number of nitrogens with one attached hydrogen (secondary N) is 1. The SMILES string of the molecule is Cc1c(C#N)c(NC(=O)CN(C)[C@@H](C)c2ccc(F)cc2)n(C[C@@H]2CCCO2)c1C. The first-order valence-corrected chi connectivity index (χ1v) is 10.3. The maximum Gasteiger partial charge on any atom is 0.239 e. The molecule has 2 aromatic rings. The molecule has 3 rings (SSSR count). The third-order valence-electron chi connectivity index (χ3n) is 6.02. The van der Waals surface area contributed by atoms with Crippen molar-refractivity contribution in [2.24, 2.45) is 0 Å². The second-order valence-corrected chi connectivity index (χ2v) is 7.98. The van der Waals surface area contributed by atoms with Gasteiger partial charge in [-0.05, 0) is 63.9 Å². The van der Waals surface area contributed by atoms with Gasteiger partial charge in [0.15, 0.2) is 0 Å². The Morgan fingerprint density at radius 1 is 1.40 bits per heavy atom. The summed E-state index contributed by atoms with van der Waals surface area (Å²) in [6, 6.07) is 8.46. The maximum absolute atomic E-state index is 13.2. The van der Waals surface area contributed by atoms with Crippen molar-refractivity contribution in [2.75, 3.05) is 25.5 Å². The minimum atomic E-state index is -0.284. The minimum Gasteiger partial charge on any atom is -0.376 e. The van der Waals surface area contributed by atoms with E-state index in [-0.39, 0.29) is 30.4 Å². The normalized spacial score (nSPS) is 17.2. The molecule has 1 saturated heterocycles. The van der Waals surface area contributed by atoms with E-state index in [0.717, 1.165) is 36.3 Å². The van der Waals surface area contributed by atoms with Crippen LogP contribution < -0.4 is 5.32 Å². The number of ether oxygens (including phenoxy) is 1. The first-order chi connectivity index (χ1) is 14.3. The average Bonchev–Trinajstić information content (AvgIpc) is 3.31. The molecule has 2 atom stereocenters. The smallest absolute Gasteiger partial charge is 0.239 e. The molecule has 1 aromatic heterocycles. The number of anilines is 1. The van der Waals surface area contributed by atoms with Crippen LogP contribution in [0.2, 0.25) is 0 Å². The van der Waals surface area contributed by atoms with Crippen LogP contribution >= 0.6 is 0 Å². The molecular formula is C23H29FN4O2. The van der Waals surface area contributed by atoms with Crippen molar-refractivity contribution < 1.29 is 13.9 Å². The fraction of sp³-hybridized carbons (Fsp3) is 0.478. The lowest BCUT2D eigenvalue weighted by Gasteiger charge is -2.25. The zero-order valence-corrected chi connectivity index (χ0v) is 18.0. The van der Waals surface area contributed by atoms with Crippen LogP contribution in [0.1, 0.15) is 48.2 Å². The second-order valence-electron chi connectivity index (χ2n) is 7.98. The molecule has 1 N–H and O–H groups in total. The molecule has 2 heterocycles. The van der Waals surface area contributed by atoms with E-state index in [1.807, 2.05) is 37.3 Å². The fourth-order valence-corrected chi connectivity index (χ4v) is 3.88. The van der Waals surface area contributed by atoms with E-state index in [9.17, 15) is 14.4 Å². The molecule has 0 spiro atoms. The third kappa shape index (κ3) is 4.72. The first kappa shape index (κ1) is 22.0. The lowest BCUT2D eigenvalue weighted by atomic mass is 10.1. The Morgan fingerprint density at radius 3 is 2.70 bits per heavy atom. The summed E-state index contributed by atoms with van der Waals surface area (Å²) in [6.07, 6.45) is 2.10. The first-order valence-electron chi connectivity index (χ1n) is 10.3. The van der Waals surface area contributed by atoms with Crippen LogP contribution in [0.4, 0.5) is 10.2 Å². The zero-order valence-electron chi connectivity index (χ0n) is 18.0. The summed E-state index contributed by atoms with van der Waals surface area (Å²) >= 11 is 0. The molecule has 0 bridgehead atoms. The number of likely N-dealkylation sites (N-methyl/N-ethyl adjacent to an activating group) is 1. The molecule has 7 heteroatoms. The van der Waals surface area contributed by atoms with Gasteiger partial charge in [-0.3, -0.25) is 9.69 Å². The van der Waals surface area contributed by atoms with E-state index in [0.29, 0.717) is 17.9 Å². The van der Waals surface area contributed by atoms with Gasteiger partial charge >= 0.3 is 0 Å². The second kappa shape index (κ2) is 9.41. The van der Waals surface area contributed by atoms with Crippen molar-refractivity contribution in [3.63, 3.8) is 0 Å². The number of benzene rings is 1. The predicted molar refractivity (Wildman–Crippen MR) is 114 cm³/mol. The van der Waals surface area contributed by atoms with E-state index in [4.69, 9.17) is 4.74 Å². The van der Waals surface area contributed by atoms with E-state index >= 15 is 0 Å². The van der Waals surface area contributed by atoms with E-state index in [1.165, 1.54) is 12.1 Å². The van der Waals surface area contributed by atoms with Gasteiger partial charge in [-0.2, -0.15) is 5.26 Å². The molecule has 0 radical (unpaired) electrons. The van der Waals surface area contributed by atoms with Gasteiger partial charge in [-0.15, -0.1) is 0 Å². The van der Waals surface area contributed by atoms with Crippen LogP contribution in [0, 0.1) is 31.0 Å². The van der Waals surface area contributed by atoms with E-state index < -0.39 is 0 Å². The van der Waals surface area contributed by atoms with Crippen LogP contribution in [0.15, 0.2) is 24.3 Å².